The number of aryl methyl sites for hydroxylation is 1. The molecule has 2 N–H and O–H groups in total. The highest BCUT2D eigenvalue weighted by Crippen LogP contribution is 2.24. The van der Waals surface area contributed by atoms with E-state index in [1.807, 2.05) is 18.4 Å². The second kappa shape index (κ2) is 8.80. The van der Waals surface area contributed by atoms with Crippen molar-refractivity contribution in [1.82, 2.24) is 19.5 Å². The minimum Gasteiger partial charge on any atom is -0.439 e. The molecule has 32 heavy (non-hydrogen) atoms. The number of para-hydroxylation sites is 1. The Morgan fingerprint density at radius 3 is 2.34 bits per heavy atom. The molecule has 0 saturated heterocycles. The number of nitrogens with one attached hydrogen (secondary N) is 2. The van der Waals surface area contributed by atoms with E-state index in [0.29, 0.717) is 23.1 Å². The summed E-state index contributed by atoms with van der Waals surface area (Å²) in [6.07, 6.45) is 3.07. The van der Waals surface area contributed by atoms with Gasteiger partial charge in [0.05, 0.1) is 5.69 Å². The summed E-state index contributed by atoms with van der Waals surface area (Å²) < 4.78 is 34.9. The first-order valence-corrected chi connectivity index (χ1v) is 9.53. The molecular weight excluding hydrogens is 418 g/mol. The molecule has 0 saturated carbocycles. The summed E-state index contributed by atoms with van der Waals surface area (Å²) in [5, 5.41) is 4.65. The third kappa shape index (κ3) is 4.53. The van der Waals surface area contributed by atoms with E-state index in [2.05, 4.69) is 25.6 Å². The number of carbonyl (C=O) groups excluding carboxylic acids is 1. The van der Waals surface area contributed by atoms with Crippen LogP contribution in [0.3, 0.4) is 0 Å². The van der Waals surface area contributed by atoms with Crippen LogP contribution in [0.5, 0.6) is 11.6 Å². The largest absolute Gasteiger partial charge is 0.439 e. The maximum absolute atomic E-state index is 13.7. The fourth-order valence-electron chi connectivity index (χ4n) is 2.87. The highest BCUT2D eigenvalue weighted by molar-refractivity contribution is 5.99. The fraction of sp³-hybridized carbons (Fsp3) is 0.0909. The molecule has 0 radical (unpaired) electrons. The molecule has 0 aliphatic rings. The van der Waals surface area contributed by atoms with Gasteiger partial charge in [0.25, 0.3) is 0 Å². The zero-order chi connectivity index (χ0) is 22.7. The van der Waals surface area contributed by atoms with Crippen molar-refractivity contribution < 1.29 is 18.3 Å². The van der Waals surface area contributed by atoms with E-state index in [-0.39, 0.29) is 0 Å². The topological polar surface area (TPSA) is 94.0 Å². The van der Waals surface area contributed by atoms with Crippen molar-refractivity contribution in [2.24, 2.45) is 0 Å². The van der Waals surface area contributed by atoms with Crippen LogP contribution in [0.15, 0.2) is 61.2 Å². The van der Waals surface area contributed by atoms with Gasteiger partial charge in [0, 0.05) is 17.4 Å². The maximum atomic E-state index is 13.7. The highest BCUT2D eigenvalue weighted by atomic mass is 19.1. The van der Waals surface area contributed by atoms with Crippen LogP contribution in [0.2, 0.25) is 0 Å². The highest BCUT2D eigenvalue weighted by Gasteiger charge is 2.12. The van der Waals surface area contributed by atoms with Gasteiger partial charge in [-0.2, -0.15) is 0 Å². The summed E-state index contributed by atoms with van der Waals surface area (Å²) >= 11 is 0. The Kier molecular flexibility index (Phi) is 5.75. The van der Waals surface area contributed by atoms with Gasteiger partial charge in [-0.1, -0.05) is 6.07 Å². The van der Waals surface area contributed by atoms with E-state index in [1.54, 1.807) is 36.7 Å². The van der Waals surface area contributed by atoms with Gasteiger partial charge < -0.3 is 15.4 Å². The van der Waals surface area contributed by atoms with Crippen LogP contribution in [-0.2, 0) is 0 Å². The Morgan fingerprint density at radius 1 is 0.969 bits per heavy atom. The van der Waals surface area contributed by atoms with E-state index in [9.17, 15) is 13.6 Å². The Hall–Kier alpha value is -4.34. The Morgan fingerprint density at radius 2 is 1.69 bits per heavy atom. The van der Waals surface area contributed by atoms with Crippen molar-refractivity contribution in [3.05, 3.63) is 84.2 Å². The second-order valence-electron chi connectivity index (χ2n) is 6.80. The van der Waals surface area contributed by atoms with Crippen LogP contribution in [0.1, 0.15) is 11.4 Å². The van der Waals surface area contributed by atoms with Gasteiger partial charge in [0.1, 0.15) is 41.5 Å². The lowest BCUT2D eigenvalue weighted by Gasteiger charge is -2.10. The minimum absolute atomic E-state index is 0.328. The van der Waals surface area contributed by atoms with Crippen LogP contribution >= 0.6 is 0 Å². The van der Waals surface area contributed by atoms with Gasteiger partial charge in [-0.25, -0.2) is 28.5 Å². The lowest BCUT2D eigenvalue weighted by Crippen LogP contribution is -2.20. The Balaban J connectivity index is 1.42. The van der Waals surface area contributed by atoms with E-state index in [0.717, 1.165) is 23.5 Å². The van der Waals surface area contributed by atoms with Crippen molar-refractivity contribution in [2.75, 3.05) is 10.6 Å². The average Bonchev–Trinajstić information content (AvgIpc) is 3.11. The van der Waals surface area contributed by atoms with Crippen LogP contribution in [0, 0.1) is 25.5 Å². The maximum Gasteiger partial charge on any atom is 0.323 e. The number of ether oxygens (including phenoxy) is 1. The van der Waals surface area contributed by atoms with Gasteiger partial charge in [-0.05, 0) is 50.2 Å². The molecule has 8 nitrogen and oxygen atoms in total. The van der Waals surface area contributed by atoms with Gasteiger partial charge >= 0.3 is 6.03 Å². The third-order valence-electron chi connectivity index (χ3n) is 4.66. The van der Waals surface area contributed by atoms with Crippen molar-refractivity contribution >= 4 is 17.4 Å². The first kappa shape index (κ1) is 20.9. The molecule has 0 unspecified atom stereocenters. The summed E-state index contributed by atoms with van der Waals surface area (Å²) in [4.78, 5) is 24.7. The normalized spacial score (nSPS) is 10.6. The first-order valence-electron chi connectivity index (χ1n) is 9.53. The zero-order valence-electron chi connectivity index (χ0n) is 17.1. The molecule has 0 spiro atoms. The number of aromatic nitrogens is 4. The standard InChI is InChI=1S/C22H18F2N6O2/c1-13-14(2)30(12-27-13)19-10-20(26-11-25-19)32-16-8-6-15(7-9-16)28-22(31)29-21-17(23)4-3-5-18(21)24/h3-12H,1-2H3,(H2,28,29,31). The molecule has 4 aromatic rings. The lowest BCUT2D eigenvalue weighted by atomic mass is 10.3. The summed E-state index contributed by atoms with van der Waals surface area (Å²) in [5.41, 5.74) is 1.74. The van der Waals surface area contributed by atoms with Gasteiger partial charge in [-0.3, -0.25) is 4.57 Å². The summed E-state index contributed by atoms with van der Waals surface area (Å²) in [6.45, 7) is 3.85. The smallest absolute Gasteiger partial charge is 0.323 e. The lowest BCUT2D eigenvalue weighted by molar-refractivity contribution is 0.262. The summed E-state index contributed by atoms with van der Waals surface area (Å²) in [7, 11) is 0. The van der Waals surface area contributed by atoms with Crippen LogP contribution in [0.25, 0.3) is 5.82 Å². The molecule has 0 bridgehead atoms. The van der Waals surface area contributed by atoms with Crippen LogP contribution in [-0.4, -0.2) is 25.6 Å². The zero-order valence-corrected chi connectivity index (χ0v) is 17.1. The number of imidazole rings is 1. The first-order chi connectivity index (χ1) is 15.4. The molecule has 2 aromatic heterocycles. The molecule has 2 aromatic carbocycles. The predicted molar refractivity (Wildman–Crippen MR) is 114 cm³/mol. The van der Waals surface area contributed by atoms with E-state index < -0.39 is 23.4 Å². The average molecular weight is 436 g/mol. The number of benzene rings is 2. The Bertz CT molecular complexity index is 1250. The molecule has 162 valence electrons. The van der Waals surface area contributed by atoms with E-state index in [4.69, 9.17) is 4.74 Å². The number of rotatable bonds is 5. The van der Waals surface area contributed by atoms with Gasteiger partial charge in [0.15, 0.2) is 0 Å². The summed E-state index contributed by atoms with van der Waals surface area (Å²) in [6, 6.07) is 10.6. The minimum atomic E-state index is -0.867. The van der Waals surface area contributed by atoms with E-state index in [1.165, 1.54) is 12.4 Å². The third-order valence-corrected chi connectivity index (χ3v) is 4.66. The number of anilines is 2. The molecule has 4 rings (SSSR count). The predicted octanol–water partition coefficient (Wildman–Crippen LogP) is 4.99. The van der Waals surface area contributed by atoms with Gasteiger partial charge in [-0.15, -0.1) is 0 Å². The molecular formula is C22H18F2N6O2. The number of hydrogen-bond acceptors (Lipinski definition) is 5. The number of nitrogens with zero attached hydrogens (tertiary/aromatic N) is 4. The summed E-state index contributed by atoms with van der Waals surface area (Å²) in [5.74, 6) is -0.319. The molecule has 0 atom stereocenters. The molecule has 2 amide bonds. The van der Waals surface area contributed by atoms with Crippen molar-refractivity contribution in [2.45, 2.75) is 13.8 Å². The second-order valence-corrected chi connectivity index (χ2v) is 6.80. The molecule has 2 heterocycles. The Labute approximate surface area is 181 Å². The molecule has 0 fully saturated rings. The monoisotopic (exact) mass is 436 g/mol. The van der Waals surface area contributed by atoms with E-state index >= 15 is 0 Å². The fourth-order valence-corrected chi connectivity index (χ4v) is 2.87. The molecule has 0 aliphatic carbocycles. The number of urea groups is 1. The number of amides is 2. The number of halogens is 2. The molecule has 10 heteroatoms. The van der Waals surface area contributed by atoms with Gasteiger partial charge in [0.2, 0.25) is 5.88 Å². The number of carbonyl (C=O) groups is 1. The van der Waals surface area contributed by atoms with Crippen molar-refractivity contribution in [3.63, 3.8) is 0 Å². The van der Waals surface area contributed by atoms with Crippen LogP contribution < -0.4 is 15.4 Å². The number of hydrogen-bond donors (Lipinski definition) is 2. The van der Waals surface area contributed by atoms with Crippen LogP contribution in [0.4, 0.5) is 25.0 Å². The SMILES string of the molecule is Cc1ncn(-c2cc(Oc3ccc(NC(=O)Nc4c(F)cccc4F)cc3)ncn2)c1C. The van der Waals surface area contributed by atoms with Crippen molar-refractivity contribution in [3.8, 4) is 17.4 Å². The molecule has 0 aliphatic heterocycles. The van der Waals surface area contributed by atoms with Crippen molar-refractivity contribution in [1.29, 1.82) is 0 Å². The quantitative estimate of drug-likeness (QED) is 0.460.